The molecular formula is C11H18O. The van der Waals surface area contributed by atoms with Crippen molar-refractivity contribution in [2.45, 2.75) is 58.2 Å². The summed E-state index contributed by atoms with van der Waals surface area (Å²) in [4.78, 5) is 0. The summed E-state index contributed by atoms with van der Waals surface area (Å²) in [6.45, 7) is 6.34. The number of rotatable bonds is 3. The maximum absolute atomic E-state index is 5.34. The molecule has 2 atom stereocenters. The van der Waals surface area contributed by atoms with E-state index in [0.29, 0.717) is 6.10 Å². The van der Waals surface area contributed by atoms with E-state index in [1.165, 1.54) is 19.3 Å². The molecule has 1 rings (SSSR count). The van der Waals surface area contributed by atoms with Gasteiger partial charge in [-0.1, -0.05) is 25.7 Å². The highest BCUT2D eigenvalue weighted by atomic mass is 16.6. The number of unbranched alkanes of at least 4 members (excludes halogenated alkanes) is 3. The molecule has 1 aliphatic rings. The summed E-state index contributed by atoms with van der Waals surface area (Å²) in [7, 11) is 0. The fourth-order valence-corrected chi connectivity index (χ4v) is 1.17. The Labute approximate surface area is 75.5 Å². The SMILES string of the molecule is CCCCCC#C[C@@]1(C)O[C@@H]1C. The van der Waals surface area contributed by atoms with Gasteiger partial charge in [0.05, 0.1) is 6.10 Å². The minimum atomic E-state index is -0.105. The number of hydrogen-bond donors (Lipinski definition) is 0. The lowest BCUT2D eigenvalue weighted by molar-refractivity contribution is 0.355. The molecule has 0 aromatic heterocycles. The Hall–Kier alpha value is -0.480. The molecule has 68 valence electrons. The summed E-state index contributed by atoms with van der Waals surface area (Å²) in [6, 6.07) is 0. The van der Waals surface area contributed by atoms with Crippen LogP contribution in [0.4, 0.5) is 0 Å². The van der Waals surface area contributed by atoms with Gasteiger partial charge in [-0.25, -0.2) is 0 Å². The van der Waals surface area contributed by atoms with Crippen LogP contribution in [0.25, 0.3) is 0 Å². The molecule has 12 heavy (non-hydrogen) atoms. The minimum absolute atomic E-state index is 0.105. The van der Waals surface area contributed by atoms with Gasteiger partial charge >= 0.3 is 0 Å². The second-order valence-corrected chi connectivity index (χ2v) is 3.63. The Morgan fingerprint density at radius 3 is 2.58 bits per heavy atom. The van der Waals surface area contributed by atoms with E-state index in [0.717, 1.165) is 6.42 Å². The molecule has 0 aromatic rings. The first-order valence-electron chi connectivity index (χ1n) is 4.87. The molecule has 0 unspecified atom stereocenters. The van der Waals surface area contributed by atoms with Crippen LogP contribution in [-0.2, 0) is 4.74 Å². The van der Waals surface area contributed by atoms with Crippen LogP contribution in [0.3, 0.4) is 0 Å². The highest BCUT2D eigenvalue weighted by molar-refractivity contribution is 5.22. The standard InChI is InChI=1S/C11H18O/c1-4-5-6-7-8-9-11(3)10(2)12-11/h10H,4-7H2,1-3H3/t10-,11-/m1/s1. The molecule has 1 nitrogen and oxygen atoms in total. The third kappa shape index (κ3) is 2.53. The van der Waals surface area contributed by atoms with Gasteiger partial charge in [0.1, 0.15) is 0 Å². The molecule has 0 spiro atoms. The van der Waals surface area contributed by atoms with Gasteiger partial charge in [0.15, 0.2) is 5.60 Å². The molecule has 0 saturated carbocycles. The minimum Gasteiger partial charge on any atom is -0.353 e. The lowest BCUT2D eigenvalue weighted by atomic mass is 10.1. The van der Waals surface area contributed by atoms with Crippen molar-refractivity contribution in [2.75, 3.05) is 0 Å². The van der Waals surface area contributed by atoms with Crippen molar-refractivity contribution >= 4 is 0 Å². The van der Waals surface area contributed by atoms with Crippen LogP contribution >= 0.6 is 0 Å². The van der Waals surface area contributed by atoms with Crippen LogP contribution in [0, 0.1) is 11.8 Å². The predicted molar refractivity (Wildman–Crippen MR) is 50.9 cm³/mol. The van der Waals surface area contributed by atoms with Crippen LogP contribution in [0.1, 0.15) is 46.5 Å². The van der Waals surface area contributed by atoms with Crippen molar-refractivity contribution in [2.24, 2.45) is 0 Å². The number of hydrogen-bond acceptors (Lipinski definition) is 1. The Kier molecular flexibility index (Phi) is 3.17. The molecule has 1 fully saturated rings. The van der Waals surface area contributed by atoms with Gasteiger partial charge in [0.25, 0.3) is 0 Å². The molecule has 1 saturated heterocycles. The normalized spacial score (nSPS) is 32.4. The van der Waals surface area contributed by atoms with Gasteiger partial charge in [0.2, 0.25) is 0 Å². The number of epoxide rings is 1. The second-order valence-electron chi connectivity index (χ2n) is 3.63. The smallest absolute Gasteiger partial charge is 0.152 e. The second kappa shape index (κ2) is 3.96. The fraction of sp³-hybridized carbons (Fsp3) is 0.818. The molecule has 1 heterocycles. The van der Waals surface area contributed by atoms with Crippen molar-refractivity contribution in [3.8, 4) is 11.8 Å². The van der Waals surface area contributed by atoms with E-state index in [2.05, 4.69) is 32.6 Å². The van der Waals surface area contributed by atoms with Crippen molar-refractivity contribution in [1.29, 1.82) is 0 Å². The van der Waals surface area contributed by atoms with E-state index in [9.17, 15) is 0 Å². The van der Waals surface area contributed by atoms with E-state index >= 15 is 0 Å². The summed E-state index contributed by atoms with van der Waals surface area (Å²) in [5.41, 5.74) is -0.105. The zero-order valence-corrected chi connectivity index (χ0v) is 8.31. The van der Waals surface area contributed by atoms with Gasteiger partial charge in [0, 0.05) is 6.42 Å². The summed E-state index contributed by atoms with van der Waals surface area (Å²) < 4.78 is 5.34. The topological polar surface area (TPSA) is 12.5 Å². The molecule has 0 bridgehead atoms. The zero-order valence-electron chi connectivity index (χ0n) is 8.31. The molecule has 0 N–H and O–H groups in total. The van der Waals surface area contributed by atoms with Crippen molar-refractivity contribution in [3.05, 3.63) is 0 Å². The molecular weight excluding hydrogens is 148 g/mol. The Morgan fingerprint density at radius 2 is 2.08 bits per heavy atom. The highest BCUT2D eigenvalue weighted by Crippen LogP contribution is 2.34. The third-order valence-electron chi connectivity index (χ3n) is 2.38. The van der Waals surface area contributed by atoms with Gasteiger partial charge in [-0.2, -0.15) is 0 Å². The van der Waals surface area contributed by atoms with E-state index < -0.39 is 0 Å². The van der Waals surface area contributed by atoms with Crippen LogP contribution in [0.5, 0.6) is 0 Å². The first kappa shape index (κ1) is 9.61. The summed E-state index contributed by atoms with van der Waals surface area (Å²) in [6.07, 6.45) is 5.16. The van der Waals surface area contributed by atoms with Crippen molar-refractivity contribution in [3.63, 3.8) is 0 Å². The first-order valence-corrected chi connectivity index (χ1v) is 4.87. The molecule has 0 aromatic carbocycles. The van der Waals surface area contributed by atoms with Gasteiger partial charge < -0.3 is 4.74 Å². The van der Waals surface area contributed by atoms with Crippen LogP contribution in [0.2, 0.25) is 0 Å². The molecule has 0 aliphatic carbocycles. The summed E-state index contributed by atoms with van der Waals surface area (Å²) in [5.74, 6) is 6.35. The summed E-state index contributed by atoms with van der Waals surface area (Å²) in [5, 5.41) is 0. The van der Waals surface area contributed by atoms with Crippen LogP contribution < -0.4 is 0 Å². The largest absolute Gasteiger partial charge is 0.353 e. The van der Waals surface area contributed by atoms with E-state index in [4.69, 9.17) is 4.74 Å². The first-order chi connectivity index (χ1) is 5.69. The van der Waals surface area contributed by atoms with E-state index in [1.807, 2.05) is 0 Å². The lowest BCUT2D eigenvalue weighted by Crippen LogP contribution is -2.02. The molecule has 1 heteroatoms. The third-order valence-corrected chi connectivity index (χ3v) is 2.38. The van der Waals surface area contributed by atoms with Crippen molar-refractivity contribution < 1.29 is 4.74 Å². The van der Waals surface area contributed by atoms with E-state index in [1.54, 1.807) is 0 Å². The molecule has 0 amide bonds. The van der Waals surface area contributed by atoms with Gasteiger partial charge in [-0.3, -0.25) is 0 Å². The monoisotopic (exact) mass is 166 g/mol. The van der Waals surface area contributed by atoms with Gasteiger partial charge in [-0.05, 0) is 20.3 Å². The Balaban J connectivity index is 2.13. The summed E-state index contributed by atoms with van der Waals surface area (Å²) >= 11 is 0. The Bertz CT molecular complexity index is 199. The Morgan fingerprint density at radius 1 is 1.42 bits per heavy atom. The van der Waals surface area contributed by atoms with Crippen LogP contribution in [0.15, 0.2) is 0 Å². The quantitative estimate of drug-likeness (QED) is 0.357. The van der Waals surface area contributed by atoms with Crippen LogP contribution in [-0.4, -0.2) is 11.7 Å². The predicted octanol–water partition coefficient (Wildman–Crippen LogP) is 2.75. The zero-order chi connectivity index (χ0) is 9.03. The molecule has 1 aliphatic heterocycles. The fourth-order valence-electron chi connectivity index (χ4n) is 1.17. The average molecular weight is 166 g/mol. The molecule has 0 radical (unpaired) electrons. The lowest BCUT2D eigenvalue weighted by Gasteiger charge is -1.91. The maximum atomic E-state index is 5.34. The number of ether oxygens (including phenoxy) is 1. The van der Waals surface area contributed by atoms with Gasteiger partial charge in [-0.15, -0.1) is 5.92 Å². The maximum Gasteiger partial charge on any atom is 0.152 e. The van der Waals surface area contributed by atoms with Crippen molar-refractivity contribution in [1.82, 2.24) is 0 Å². The average Bonchev–Trinajstić information content (AvgIpc) is 2.60. The highest BCUT2D eigenvalue weighted by Gasteiger charge is 2.47. The van der Waals surface area contributed by atoms with E-state index in [-0.39, 0.29) is 5.60 Å².